The van der Waals surface area contributed by atoms with E-state index >= 15 is 0 Å². The van der Waals surface area contributed by atoms with Crippen molar-refractivity contribution in [1.29, 1.82) is 0 Å². The molecule has 2 nitrogen and oxygen atoms in total. The minimum atomic E-state index is -0.901. The van der Waals surface area contributed by atoms with Gasteiger partial charge in [0.1, 0.15) is 11.9 Å². The molecule has 0 heterocycles. The van der Waals surface area contributed by atoms with Gasteiger partial charge in [-0.15, -0.1) is 0 Å². The molecule has 19 heavy (non-hydrogen) atoms. The molecule has 0 aromatic heterocycles. The molecule has 1 fully saturated rings. The van der Waals surface area contributed by atoms with Crippen LogP contribution in [0.1, 0.15) is 37.7 Å². The topological polar surface area (TPSA) is 37.3 Å². The number of carbonyl (C=O) groups excluding carboxylic acids is 1. The zero-order valence-electron chi connectivity index (χ0n) is 10.7. The number of hydrogen-bond donors (Lipinski definition) is 1. The largest absolute Gasteiger partial charge is 0.385 e. The van der Waals surface area contributed by atoms with Crippen molar-refractivity contribution in [3.8, 4) is 0 Å². The van der Waals surface area contributed by atoms with Crippen molar-refractivity contribution < 1.29 is 14.3 Å². The van der Waals surface area contributed by atoms with Crippen molar-refractivity contribution in [2.45, 2.75) is 44.6 Å². The Kier molecular flexibility index (Phi) is 5.11. The van der Waals surface area contributed by atoms with E-state index in [-0.39, 0.29) is 23.9 Å². The Bertz CT molecular complexity index is 435. The average molecular weight is 329 g/mol. The molecule has 2 rings (SSSR count). The van der Waals surface area contributed by atoms with Gasteiger partial charge in [0.2, 0.25) is 0 Å². The summed E-state index contributed by atoms with van der Waals surface area (Å²) in [7, 11) is 0. The van der Waals surface area contributed by atoms with Crippen molar-refractivity contribution in [2.75, 3.05) is 0 Å². The van der Waals surface area contributed by atoms with Crippen LogP contribution in [-0.4, -0.2) is 17.0 Å². The van der Waals surface area contributed by atoms with E-state index in [0.717, 1.165) is 25.7 Å². The summed E-state index contributed by atoms with van der Waals surface area (Å²) >= 11 is 3.20. The van der Waals surface area contributed by atoms with Gasteiger partial charge in [0.05, 0.1) is 0 Å². The van der Waals surface area contributed by atoms with E-state index in [0.29, 0.717) is 10.0 Å². The predicted molar refractivity (Wildman–Crippen MR) is 75.4 cm³/mol. The molecule has 1 aliphatic carbocycles. The minimum Gasteiger partial charge on any atom is -0.385 e. The summed E-state index contributed by atoms with van der Waals surface area (Å²) in [6, 6.07) is 4.41. The van der Waals surface area contributed by atoms with Gasteiger partial charge in [0, 0.05) is 10.9 Å². The molecule has 4 heteroatoms. The van der Waals surface area contributed by atoms with Gasteiger partial charge in [0.15, 0.2) is 5.78 Å². The Balaban J connectivity index is 1.99. The monoisotopic (exact) mass is 328 g/mol. The van der Waals surface area contributed by atoms with Gasteiger partial charge < -0.3 is 5.11 Å². The molecule has 0 radical (unpaired) electrons. The fourth-order valence-electron chi connectivity index (χ4n) is 2.73. The van der Waals surface area contributed by atoms with Crippen molar-refractivity contribution in [2.24, 2.45) is 5.92 Å². The van der Waals surface area contributed by atoms with E-state index in [2.05, 4.69) is 15.9 Å². The second-order valence-electron chi connectivity index (χ2n) is 5.26. The molecule has 1 N–H and O–H groups in total. The number of hydrogen-bond acceptors (Lipinski definition) is 2. The second kappa shape index (κ2) is 6.62. The number of rotatable bonds is 4. The zero-order valence-corrected chi connectivity index (χ0v) is 12.3. The van der Waals surface area contributed by atoms with E-state index in [9.17, 15) is 14.3 Å². The maximum Gasteiger partial charge on any atom is 0.165 e. The summed E-state index contributed by atoms with van der Waals surface area (Å²) in [6.07, 6.45) is 4.38. The molecule has 1 aromatic carbocycles. The lowest BCUT2D eigenvalue weighted by atomic mass is 9.83. The number of aliphatic hydroxyl groups excluding tert-OH is 1. The third-order valence-electron chi connectivity index (χ3n) is 3.73. The van der Waals surface area contributed by atoms with Gasteiger partial charge in [-0.1, -0.05) is 35.2 Å². The first kappa shape index (κ1) is 14.7. The molecule has 1 aromatic rings. The summed E-state index contributed by atoms with van der Waals surface area (Å²) in [6.45, 7) is 0. The van der Waals surface area contributed by atoms with Gasteiger partial charge in [-0.3, -0.25) is 4.79 Å². The molecule has 1 aliphatic rings. The highest BCUT2D eigenvalue weighted by molar-refractivity contribution is 9.10. The van der Waals surface area contributed by atoms with E-state index < -0.39 is 6.10 Å². The fraction of sp³-hybridized carbons (Fsp3) is 0.533. The van der Waals surface area contributed by atoms with Crippen LogP contribution in [0.2, 0.25) is 0 Å². The molecule has 1 unspecified atom stereocenters. The Morgan fingerprint density at radius 1 is 1.32 bits per heavy atom. The highest BCUT2D eigenvalue weighted by Crippen LogP contribution is 2.27. The number of aliphatic hydroxyl groups is 1. The van der Waals surface area contributed by atoms with Crippen LogP contribution < -0.4 is 0 Å². The summed E-state index contributed by atoms with van der Waals surface area (Å²) < 4.78 is 13.8. The third kappa shape index (κ3) is 4.11. The minimum absolute atomic E-state index is 0.0817. The van der Waals surface area contributed by atoms with Crippen LogP contribution in [0.3, 0.4) is 0 Å². The van der Waals surface area contributed by atoms with Gasteiger partial charge in [-0.05, 0) is 42.5 Å². The molecule has 0 amide bonds. The normalized spacial score (nSPS) is 18.3. The predicted octanol–water partition coefficient (Wildman–Crippen LogP) is 3.64. The van der Waals surface area contributed by atoms with Crippen LogP contribution in [0.25, 0.3) is 0 Å². The van der Waals surface area contributed by atoms with Gasteiger partial charge in [0.25, 0.3) is 0 Å². The van der Waals surface area contributed by atoms with E-state index in [1.807, 2.05) is 0 Å². The Morgan fingerprint density at radius 2 is 2.00 bits per heavy atom. The lowest BCUT2D eigenvalue weighted by molar-refractivity contribution is -0.129. The van der Waals surface area contributed by atoms with Gasteiger partial charge >= 0.3 is 0 Å². The average Bonchev–Trinajstić information content (AvgIpc) is 2.37. The highest BCUT2D eigenvalue weighted by Gasteiger charge is 2.27. The van der Waals surface area contributed by atoms with Crippen LogP contribution >= 0.6 is 15.9 Å². The van der Waals surface area contributed by atoms with Crippen molar-refractivity contribution in [1.82, 2.24) is 0 Å². The van der Waals surface area contributed by atoms with Crippen molar-refractivity contribution in [3.63, 3.8) is 0 Å². The van der Waals surface area contributed by atoms with Crippen LogP contribution in [0.4, 0.5) is 4.39 Å². The maximum atomic E-state index is 13.2. The van der Waals surface area contributed by atoms with Gasteiger partial charge in [-0.2, -0.15) is 0 Å². The van der Waals surface area contributed by atoms with Crippen LogP contribution in [0.15, 0.2) is 22.7 Å². The molecule has 1 saturated carbocycles. The van der Waals surface area contributed by atoms with Crippen LogP contribution in [-0.2, 0) is 11.2 Å². The molecular weight excluding hydrogens is 311 g/mol. The van der Waals surface area contributed by atoms with Crippen molar-refractivity contribution >= 4 is 21.7 Å². The second-order valence-corrected chi connectivity index (χ2v) is 6.18. The van der Waals surface area contributed by atoms with Crippen molar-refractivity contribution in [3.05, 3.63) is 34.1 Å². The van der Waals surface area contributed by atoms with Crippen LogP contribution in [0, 0.1) is 11.7 Å². The number of benzene rings is 1. The molecule has 0 spiro atoms. The molecule has 0 aliphatic heterocycles. The lowest BCUT2D eigenvalue weighted by Gasteiger charge is -2.25. The standard InChI is InChI=1S/C15H18BrFO2/c16-12-6-10(7-13(17)9-12)8-14(18)15(19)11-4-2-1-3-5-11/h6-7,9,11,15,19H,1-5,8H2. The lowest BCUT2D eigenvalue weighted by Crippen LogP contribution is -2.32. The molecule has 0 saturated heterocycles. The van der Waals surface area contributed by atoms with Gasteiger partial charge in [-0.25, -0.2) is 4.39 Å². The van der Waals surface area contributed by atoms with E-state index in [1.165, 1.54) is 18.6 Å². The summed E-state index contributed by atoms with van der Waals surface area (Å²) in [5, 5.41) is 10.1. The van der Waals surface area contributed by atoms with E-state index in [1.54, 1.807) is 6.07 Å². The first-order valence-electron chi connectivity index (χ1n) is 6.72. The first-order chi connectivity index (χ1) is 9.06. The fourth-order valence-corrected chi connectivity index (χ4v) is 3.24. The SMILES string of the molecule is O=C(Cc1cc(F)cc(Br)c1)C(O)C1CCCCC1. The Labute approximate surface area is 121 Å². The summed E-state index contributed by atoms with van der Waals surface area (Å²) in [5.74, 6) is -0.494. The highest BCUT2D eigenvalue weighted by atomic mass is 79.9. The molecule has 0 bridgehead atoms. The van der Waals surface area contributed by atoms with Crippen LogP contribution in [0.5, 0.6) is 0 Å². The molecule has 104 valence electrons. The Morgan fingerprint density at radius 3 is 2.63 bits per heavy atom. The summed E-state index contributed by atoms with van der Waals surface area (Å²) in [5.41, 5.74) is 0.603. The number of halogens is 2. The molecule has 1 atom stereocenters. The molecular formula is C15H18BrFO2. The number of Topliss-reactive ketones (excluding diaryl/α,β-unsaturated/α-hetero) is 1. The number of carbonyl (C=O) groups is 1. The Hall–Kier alpha value is -0.740. The smallest absolute Gasteiger partial charge is 0.165 e. The summed E-state index contributed by atoms with van der Waals surface area (Å²) in [4.78, 5) is 12.0. The zero-order chi connectivity index (χ0) is 13.8. The first-order valence-corrected chi connectivity index (χ1v) is 7.51. The maximum absolute atomic E-state index is 13.2. The van der Waals surface area contributed by atoms with E-state index in [4.69, 9.17) is 0 Å². The third-order valence-corrected chi connectivity index (χ3v) is 4.18. The number of ketones is 1. The quantitative estimate of drug-likeness (QED) is 0.916.